The highest BCUT2D eigenvalue weighted by Crippen LogP contribution is 2.24. The molecule has 0 radical (unpaired) electrons. The van der Waals surface area contributed by atoms with Gasteiger partial charge in [0.2, 0.25) is 0 Å². The van der Waals surface area contributed by atoms with Crippen LogP contribution < -0.4 is 5.32 Å². The second-order valence-corrected chi connectivity index (χ2v) is 7.35. The Labute approximate surface area is 184 Å². The number of aromatic nitrogens is 2. The van der Waals surface area contributed by atoms with Gasteiger partial charge in [-0.2, -0.15) is 5.10 Å². The minimum atomic E-state index is -0.326. The molecule has 0 unspecified atom stereocenters. The highest BCUT2D eigenvalue weighted by Gasteiger charge is 2.16. The summed E-state index contributed by atoms with van der Waals surface area (Å²) in [6.45, 7) is 0.332. The summed E-state index contributed by atoms with van der Waals surface area (Å²) in [5.74, 6) is -0.395. The van der Waals surface area contributed by atoms with Crippen LogP contribution >= 0.6 is 11.6 Å². The van der Waals surface area contributed by atoms with E-state index in [-0.39, 0.29) is 17.5 Å². The number of anilines is 1. The number of nitrogens with zero attached hydrogens (tertiary/aromatic N) is 2. The van der Waals surface area contributed by atoms with Gasteiger partial charge in [-0.3, -0.25) is 9.48 Å². The van der Waals surface area contributed by atoms with Crippen molar-refractivity contribution in [1.29, 1.82) is 0 Å². The topological polar surface area (TPSA) is 46.9 Å². The monoisotopic (exact) mass is 431 g/mol. The molecule has 0 spiro atoms. The summed E-state index contributed by atoms with van der Waals surface area (Å²) in [6, 6.07) is 25.3. The second-order valence-electron chi connectivity index (χ2n) is 6.94. The van der Waals surface area contributed by atoms with E-state index in [0.29, 0.717) is 17.1 Å². The molecule has 0 aliphatic carbocycles. The van der Waals surface area contributed by atoms with Crippen molar-refractivity contribution in [3.63, 3.8) is 0 Å². The van der Waals surface area contributed by atoms with Crippen molar-refractivity contribution in [2.24, 2.45) is 0 Å². The number of rotatable bonds is 6. The third-order valence-electron chi connectivity index (χ3n) is 4.62. The molecule has 4 aromatic rings. The number of amides is 1. The lowest BCUT2D eigenvalue weighted by Crippen LogP contribution is -2.15. The number of nitrogens with one attached hydrogen (secondary N) is 1. The largest absolute Gasteiger partial charge is 0.304 e. The Hall–Kier alpha value is -3.70. The Kier molecular flexibility index (Phi) is 6.24. The van der Waals surface area contributed by atoms with Crippen molar-refractivity contribution in [2.75, 3.05) is 5.32 Å². The standard InChI is InChI=1S/C25H19ClFN3O/c26-23-17-30(16-19-10-7-13-21(27)14-19)29-24(23)28-25(31)22(20-11-5-2-6-12-20)15-18-8-3-1-4-9-18/h1-15,17H,16H2,(H,28,29,31)/b22-15-. The SMILES string of the molecule is O=C(Nc1nn(Cc2cccc(F)c2)cc1Cl)/C(=C\c1ccccc1)c1ccccc1. The molecule has 0 fully saturated rings. The Morgan fingerprint density at radius 2 is 1.71 bits per heavy atom. The van der Waals surface area contributed by atoms with Crippen LogP contribution in [0.4, 0.5) is 10.2 Å². The van der Waals surface area contributed by atoms with Gasteiger partial charge >= 0.3 is 0 Å². The highest BCUT2D eigenvalue weighted by molar-refractivity contribution is 6.35. The fraction of sp³-hybridized carbons (Fsp3) is 0.0400. The molecule has 0 saturated heterocycles. The van der Waals surface area contributed by atoms with E-state index in [0.717, 1.165) is 16.7 Å². The molecule has 4 rings (SSSR count). The average Bonchev–Trinajstić information content (AvgIpc) is 3.11. The van der Waals surface area contributed by atoms with Gasteiger partial charge < -0.3 is 5.32 Å². The third-order valence-corrected chi connectivity index (χ3v) is 4.90. The van der Waals surface area contributed by atoms with Crippen LogP contribution in [0, 0.1) is 5.82 Å². The molecule has 0 aliphatic heterocycles. The van der Waals surface area contributed by atoms with Gasteiger partial charge in [-0.1, -0.05) is 84.4 Å². The van der Waals surface area contributed by atoms with Crippen molar-refractivity contribution in [3.05, 3.63) is 119 Å². The Bertz CT molecular complexity index is 1220. The molecule has 0 saturated carbocycles. The predicted octanol–water partition coefficient (Wildman–Crippen LogP) is 5.90. The minimum Gasteiger partial charge on any atom is -0.304 e. The maximum absolute atomic E-state index is 13.4. The molecule has 1 heterocycles. The molecular weight excluding hydrogens is 413 g/mol. The van der Waals surface area contributed by atoms with E-state index in [4.69, 9.17) is 11.6 Å². The fourth-order valence-electron chi connectivity index (χ4n) is 3.17. The van der Waals surface area contributed by atoms with Crippen LogP contribution in [-0.4, -0.2) is 15.7 Å². The predicted molar refractivity (Wildman–Crippen MR) is 122 cm³/mol. The number of carbonyl (C=O) groups excluding carboxylic acids is 1. The lowest BCUT2D eigenvalue weighted by Gasteiger charge is -2.09. The summed E-state index contributed by atoms with van der Waals surface area (Å²) in [7, 11) is 0. The van der Waals surface area contributed by atoms with Gasteiger partial charge in [-0.15, -0.1) is 0 Å². The molecule has 154 valence electrons. The highest BCUT2D eigenvalue weighted by atomic mass is 35.5. The maximum Gasteiger partial charge on any atom is 0.257 e. The van der Waals surface area contributed by atoms with Crippen LogP contribution in [0.2, 0.25) is 5.02 Å². The molecule has 31 heavy (non-hydrogen) atoms. The molecular formula is C25H19ClFN3O. The van der Waals surface area contributed by atoms with Crippen LogP contribution in [0.5, 0.6) is 0 Å². The van der Waals surface area contributed by atoms with Gasteiger partial charge in [-0.25, -0.2) is 4.39 Å². The van der Waals surface area contributed by atoms with E-state index >= 15 is 0 Å². The minimum absolute atomic E-state index is 0.248. The summed E-state index contributed by atoms with van der Waals surface area (Å²) < 4.78 is 15.0. The second kappa shape index (κ2) is 9.41. The van der Waals surface area contributed by atoms with Crippen LogP contribution in [0.1, 0.15) is 16.7 Å². The molecule has 4 nitrogen and oxygen atoms in total. The number of hydrogen-bond donors (Lipinski definition) is 1. The van der Waals surface area contributed by atoms with Gasteiger partial charge in [-0.05, 0) is 34.9 Å². The molecule has 1 amide bonds. The summed E-state index contributed by atoms with van der Waals surface area (Å²) in [4.78, 5) is 13.1. The summed E-state index contributed by atoms with van der Waals surface area (Å²) in [5.41, 5.74) is 2.91. The molecule has 3 aromatic carbocycles. The maximum atomic E-state index is 13.4. The molecule has 0 bridgehead atoms. The van der Waals surface area contributed by atoms with Crippen molar-refractivity contribution in [3.8, 4) is 0 Å². The van der Waals surface area contributed by atoms with Crippen LogP contribution in [-0.2, 0) is 11.3 Å². The van der Waals surface area contributed by atoms with E-state index < -0.39 is 0 Å². The van der Waals surface area contributed by atoms with Crippen molar-refractivity contribution < 1.29 is 9.18 Å². The Morgan fingerprint density at radius 3 is 2.42 bits per heavy atom. The van der Waals surface area contributed by atoms with Gasteiger partial charge in [0.25, 0.3) is 5.91 Å². The first-order chi connectivity index (χ1) is 15.1. The molecule has 1 N–H and O–H groups in total. The zero-order valence-corrected chi connectivity index (χ0v) is 17.3. The zero-order chi connectivity index (χ0) is 21.6. The van der Waals surface area contributed by atoms with Crippen LogP contribution in [0.25, 0.3) is 11.6 Å². The lowest BCUT2D eigenvalue weighted by atomic mass is 10.0. The van der Waals surface area contributed by atoms with Gasteiger partial charge in [0.1, 0.15) is 10.8 Å². The molecule has 1 aromatic heterocycles. The molecule has 0 atom stereocenters. The van der Waals surface area contributed by atoms with Gasteiger partial charge in [0, 0.05) is 11.8 Å². The fourth-order valence-corrected chi connectivity index (χ4v) is 3.37. The zero-order valence-electron chi connectivity index (χ0n) is 16.5. The van der Waals surface area contributed by atoms with Crippen molar-refractivity contribution >= 4 is 35.0 Å². The number of carbonyl (C=O) groups is 1. The van der Waals surface area contributed by atoms with Crippen LogP contribution in [0.15, 0.2) is 91.1 Å². The van der Waals surface area contributed by atoms with Crippen LogP contribution in [0.3, 0.4) is 0 Å². The first-order valence-corrected chi connectivity index (χ1v) is 10.1. The Morgan fingerprint density at radius 1 is 1.00 bits per heavy atom. The van der Waals surface area contributed by atoms with E-state index in [2.05, 4.69) is 10.4 Å². The van der Waals surface area contributed by atoms with Crippen molar-refractivity contribution in [1.82, 2.24) is 9.78 Å². The van der Waals surface area contributed by atoms with E-state index in [1.165, 1.54) is 12.1 Å². The van der Waals surface area contributed by atoms with Gasteiger partial charge in [0.15, 0.2) is 5.82 Å². The molecule has 6 heteroatoms. The van der Waals surface area contributed by atoms with E-state index in [9.17, 15) is 9.18 Å². The quantitative estimate of drug-likeness (QED) is 0.305. The molecule has 0 aliphatic rings. The van der Waals surface area contributed by atoms with Gasteiger partial charge in [0.05, 0.1) is 6.54 Å². The first-order valence-electron chi connectivity index (χ1n) is 9.69. The smallest absolute Gasteiger partial charge is 0.257 e. The first kappa shape index (κ1) is 20.6. The normalized spacial score (nSPS) is 11.4. The average molecular weight is 432 g/mol. The number of benzene rings is 3. The van der Waals surface area contributed by atoms with E-state index in [1.54, 1.807) is 23.0 Å². The van der Waals surface area contributed by atoms with E-state index in [1.807, 2.05) is 66.7 Å². The summed E-state index contributed by atoms with van der Waals surface area (Å²) >= 11 is 6.31. The Balaban J connectivity index is 1.59. The number of hydrogen-bond acceptors (Lipinski definition) is 2. The summed E-state index contributed by atoms with van der Waals surface area (Å²) in [5, 5.41) is 7.47. The number of halogens is 2. The summed E-state index contributed by atoms with van der Waals surface area (Å²) in [6.07, 6.45) is 3.42. The lowest BCUT2D eigenvalue weighted by molar-refractivity contribution is -0.111. The third kappa shape index (κ3) is 5.27. The van der Waals surface area contributed by atoms with Crippen molar-refractivity contribution in [2.45, 2.75) is 6.54 Å².